The zero-order valence-corrected chi connectivity index (χ0v) is 19.8. The first-order valence-electron chi connectivity index (χ1n) is 10.1. The molecule has 3 rings (SSSR count). The van der Waals surface area contributed by atoms with Gasteiger partial charge in [-0.25, -0.2) is 0 Å². The number of nitrogens with zero attached hydrogens (tertiary/aromatic N) is 2. The normalized spacial score (nSPS) is 13.0. The number of anilines is 1. The standard InChI is InChI=1S/C23H22BrN3O3S/c1-3-29-19-10-14(18(24)11-20(19)30-4-2)9-15(12-25)22(28)27-23-17(13-26)16-7-5-6-8-21(16)31-23/h9-11H,3-8H2,1-2H3,(H,27,28)/b15-9+. The van der Waals surface area contributed by atoms with Gasteiger partial charge in [0.1, 0.15) is 22.7 Å². The molecule has 0 atom stereocenters. The molecule has 160 valence electrons. The van der Waals surface area contributed by atoms with Gasteiger partial charge in [0.25, 0.3) is 5.91 Å². The van der Waals surface area contributed by atoms with Crippen LogP contribution in [0, 0.1) is 22.7 Å². The average Bonchev–Trinajstić information content (AvgIpc) is 3.11. The minimum atomic E-state index is -0.545. The number of nitriles is 2. The lowest BCUT2D eigenvalue weighted by Crippen LogP contribution is -2.13. The Kier molecular flexibility index (Phi) is 7.73. The highest BCUT2D eigenvalue weighted by Gasteiger charge is 2.23. The number of nitrogens with one attached hydrogen (secondary N) is 1. The zero-order chi connectivity index (χ0) is 22.4. The van der Waals surface area contributed by atoms with Gasteiger partial charge in [-0.3, -0.25) is 4.79 Å². The molecule has 0 saturated carbocycles. The van der Waals surface area contributed by atoms with Crippen LogP contribution in [-0.4, -0.2) is 19.1 Å². The molecule has 1 aliphatic rings. The van der Waals surface area contributed by atoms with Crippen LogP contribution in [0.25, 0.3) is 6.08 Å². The van der Waals surface area contributed by atoms with Gasteiger partial charge in [0.05, 0.1) is 18.8 Å². The van der Waals surface area contributed by atoms with Gasteiger partial charge in [-0.15, -0.1) is 11.3 Å². The molecule has 1 N–H and O–H groups in total. The van der Waals surface area contributed by atoms with Crippen LogP contribution in [0.15, 0.2) is 22.2 Å². The van der Waals surface area contributed by atoms with E-state index in [2.05, 4.69) is 27.3 Å². The largest absolute Gasteiger partial charge is 0.490 e. The maximum Gasteiger partial charge on any atom is 0.266 e. The van der Waals surface area contributed by atoms with E-state index in [-0.39, 0.29) is 5.57 Å². The number of halogens is 1. The predicted octanol–water partition coefficient (Wildman–Crippen LogP) is 5.60. The van der Waals surface area contributed by atoms with Gasteiger partial charge in [0, 0.05) is 9.35 Å². The summed E-state index contributed by atoms with van der Waals surface area (Å²) in [7, 11) is 0. The lowest BCUT2D eigenvalue weighted by atomic mass is 9.96. The number of carbonyl (C=O) groups is 1. The minimum Gasteiger partial charge on any atom is -0.490 e. The van der Waals surface area contributed by atoms with E-state index in [9.17, 15) is 15.3 Å². The molecule has 0 saturated heterocycles. The number of ether oxygens (including phenoxy) is 2. The van der Waals surface area contributed by atoms with E-state index < -0.39 is 5.91 Å². The number of fused-ring (bicyclic) bond motifs is 1. The lowest BCUT2D eigenvalue weighted by Gasteiger charge is -2.13. The Morgan fingerprint density at radius 3 is 2.52 bits per heavy atom. The first kappa shape index (κ1) is 22.9. The molecule has 1 aromatic heterocycles. The van der Waals surface area contributed by atoms with Crippen LogP contribution in [0.1, 0.15) is 48.3 Å². The number of rotatable bonds is 7. The molecule has 0 bridgehead atoms. The van der Waals surface area contributed by atoms with Crippen LogP contribution in [0.3, 0.4) is 0 Å². The fraction of sp³-hybridized carbons (Fsp3) is 0.348. The Morgan fingerprint density at radius 2 is 1.87 bits per heavy atom. The molecule has 6 nitrogen and oxygen atoms in total. The van der Waals surface area contributed by atoms with Crippen molar-refractivity contribution in [3.63, 3.8) is 0 Å². The Morgan fingerprint density at radius 1 is 1.19 bits per heavy atom. The van der Waals surface area contributed by atoms with E-state index in [0.717, 1.165) is 36.1 Å². The topological polar surface area (TPSA) is 95.1 Å². The molecule has 0 radical (unpaired) electrons. The smallest absolute Gasteiger partial charge is 0.266 e. The molecule has 1 amide bonds. The molecule has 0 spiro atoms. The van der Waals surface area contributed by atoms with E-state index in [1.165, 1.54) is 17.4 Å². The van der Waals surface area contributed by atoms with Crippen molar-refractivity contribution in [2.75, 3.05) is 18.5 Å². The van der Waals surface area contributed by atoms with Gasteiger partial charge < -0.3 is 14.8 Å². The average molecular weight is 500 g/mol. The van der Waals surface area contributed by atoms with Gasteiger partial charge in [-0.1, -0.05) is 15.9 Å². The molecular formula is C23H22BrN3O3S. The maximum atomic E-state index is 12.8. The first-order valence-corrected chi connectivity index (χ1v) is 11.7. The lowest BCUT2D eigenvalue weighted by molar-refractivity contribution is -0.112. The van der Waals surface area contributed by atoms with Crippen LogP contribution in [-0.2, 0) is 17.6 Å². The second kappa shape index (κ2) is 10.5. The number of aryl methyl sites for hydroxylation is 1. The fourth-order valence-electron chi connectivity index (χ4n) is 3.44. The van der Waals surface area contributed by atoms with Crippen LogP contribution in [0.5, 0.6) is 11.5 Å². The van der Waals surface area contributed by atoms with Gasteiger partial charge in [-0.2, -0.15) is 10.5 Å². The monoisotopic (exact) mass is 499 g/mol. The number of thiophene rings is 1. The highest BCUT2D eigenvalue weighted by Crippen LogP contribution is 2.38. The quantitative estimate of drug-likeness (QED) is 0.394. The third-order valence-corrected chi connectivity index (χ3v) is 6.73. The maximum absolute atomic E-state index is 12.8. The van der Waals surface area contributed by atoms with Crippen molar-refractivity contribution in [3.05, 3.63) is 43.7 Å². The van der Waals surface area contributed by atoms with Crippen molar-refractivity contribution in [3.8, 4) is 23.6 Å². The SMILES string of the molecule is CCOc1cc(Br)c(/C=C(\C#N)C(=O)Nc2sc3c(c2C#N)CCCC3)cc1OCC. The summed E-state index contributed by atoms with van der Waals surface area (Å²) < 4.78 is 11.9. The molecule has 0 fully saturated rings. The van der Waals surface area contributed by atoms with Crippen molar-refractivity contribution >= 4 is 44.3 Å². The fourth-order valence-corrected chi connectivity index (χ4v) is 5.12. The first-order chi connectivity index (χ1) is 15.0. The molecular weight excluding hydrogens is 478 g/mol. The molecule has 2 aromatic rings. The number of amides is 1. The summed E-state index contributed by atoms with van der Waals surface area (Å²) in [5.41, 5.74) is 2.10. The summed E-state index contributed by atoms with van der Waals surface area (Å²) in [4.78, 5) is 14.0. The molecule has 8 heteroatoms. The second-order valence-corrected chi connectivity index (χ2v) is 8.80. The second-order valence-electron chi connectivity index (χ2n) is 6.84. The van der Waals surface area contributed by atoms with Crippen LogP contribution >= 0.6 is 27.3 Å². The van der Waals surface area contributed by atoms with Crippen molar-refractivity contribution in [1.82, 2.24) is 0 Å². The third kappa shape index (κ3) is 5.10. The predicted molar refractivity (Wildman–Crippen MR) is 124 cm³/mol. The van der Waals surface area contributed by atoms with Gasteiger partial charge in [0.15, 0.2) is 11.5 Å². The molecule has 31 heavy (non-hydrogen) atoms. The van der Waals surface area contributed by atoms with Gasteiger partial charge >= 0.3 is 0 Å². The van der Waals surface area contributed by atoms with Crippen LogP contribution in [0.4, 0.5) is 5.00 Å². The Bertz CT molecular complexity index is 1110. The van der Waals surface area contributed by atoms with E-state index >= 15 is 0 Å². The summed E-state index contributed by atoms with van der Waals surface area (Å²) in [6, 6.07) is 7.67. The molecule has 1 aromatic carbocycles. The van der Waals surface area contributed by atoms with Gasteiger partial charge in [0.2, 0.25) is 0 Å². The Labute approximate surface area is 194 Å². The van der Waals surface area contributed by atoms with E-state index in [4.69, 9.17) is 9.47 Å². The summed E-state index contributed by atoms with van der Waals surface area (Å²) in [5, 5.41) is 22.5. The van der Waals surface area contributed by atoms with E-state index in [0.29, 0.717) is 45.3 Å². The Hall–Kier alpha value is -2.81. The van der Waals surface area contributed by atoms with E-state index in [1.807, 2.05) is 19.9 Å². The number of benzene rings is 1. The summed E-state index contributed by atoms with van der Waals surface area (Å²) >= 11 is 4.91. The van der Waals surface area contributed by atoms with Crippen molar-refractivity contribution in [1.29, 1.82) is 10.5 Å². The molecule has 1 aliphatic carbocycles. The third-order valence-electron chi connectivity index (χ3n) is 4.84. The minimum absolute atomic E-state index is 0.0671. The van der Waals surface area contributed by atoms with Crippen LogP contribution < -0.4 is 14.8 Å². The van der Waals surface area contributed by atoms with Crippen LogP contribution in [0.2, 0.25) is 0 Å². The Balaban J connectivity index is 1.91. The highest BCUT2D eigenvalue weighted by atomic mass is 79.9. The summed E-state index contributed by atoms with van der Waals surface area (Å²) in [5.74, 6) is 0.574. The highest BCUT2D eigenvalue weighted by molar-refractivity contribution is 9.10. The van der Waals surface area contributed by atoms with Crippen molar-refractivity contribution in [2.45, 2.75) is 39.5 Å². The van der Waals surface area contributed by atoms with E-state index in [1.54, 1.807) is 12.1 Å². The van der Waals surface area contributed by atoms with Crippen molar-refractivity contribution < 1.29 is 14.3 Å². The van der Waals surface area contributed by atoms with Gasteiger partial charge in [-0.05, 0) is 68.9 Å². The summed E-state index contributed by atoms with van der Waals surface area (Å²) in [6.07, 6.45) is 5.40. The number of hydrogen-bond donors (Lipinski definition) is 1. The van der Waals surface area contributed by atoms with Crippen molar-refractivity contribution in [2.24, 2.45) is 0 Å². The zero-order valence-electron chi connectivity index (χ0n) is 17.4. The molecule has 1 heterocycles. The molecule has 0 aliphatic heterocycles. The number of carbonyl (C=O) groups excluding carboxylic acids is 1. The summed E-state index contributed by atoms with van der Waals surface area (Å²) in [6.45, 7) is 4.69. The number of hydrogen-bond acceptors (Lipinski definition) is 6. The molecule has 0 unspecified atom stereocenters.